The van der Waals surface area contributed by atoms with Crippen molar-refractivity contribution in [2.45, 2.75) is 31.9 Å². The van der Waals surface area contributed by atoms with Crippen molar-refractivity contribution in [2.24, 2.45) is 0 Å². The van der Waals surface area contributed by atoms with Gasteiger partial charge in [0.15, 0.2) is 0 Å². The monoisotopic (exact) mass is 480 g/mol. The number of amides is 2. The van der Waals surface area contributed by atoms with E-state index in [2.05, 4.69) is 25.9 Å². The molecular formula is C22H27F3N6O3. The predicted molar refractivity (Wildman–Crippen MR) is 120 cm³/mol. The second kappa shape index (κ2) is 11.0. The van der Waals surface area contributed by atoms with E-state index in [-0.39, 0.29) is 30.1 Å². The lowest BCUT2D eigenvalue weighted by atomic mass is 10.1. The number of nitrogens with zero attached hydrogens (tertiary/aromatic N) is 3. The molecule has 3 N–H and O–H groups in total. The van der Waals surface area contributed by atoms with Crippen LogP contribution in [0.25, 0.3) is 0 Å². The summed E-state index contributed by atoms with van der Waals surface area (Å²) in [5, 5.41) is 8.06. The summed E-state index contributed by atoms with van der Waals surface area (Å²) < 4.78 is 45.7. The van der Waals surface area contributed by atoms with Gasteiger partial charge in [-0.2, -0.15) is 18.2 Å². The summed E-state index contributed by atoms with van der Waals surface area (Å²) in [6.07, 6.45) is -1.14. The number of aromatic nitrogens is 2. The van der Waals surface area contributed by atoms with Crippen molar-refractivity contribution in [3.63, 3.8) is 0 Å². The van der Waals surface area contributed by atoms with Crippen LogP contribution in [0, 0.1) is 0 Å². The molecule has 0 atom stereocenters. The van der Waals surface area contributed by atoms with Gasteiger partial charge in [0, 0.05) is 44.9 Å². The Morgan fingerprint density at radius 3 is 2.74 bits per heavy atom. The van der Waals surface area contributed by atoms with Gasteiger partial charge in [-0.05, 0) is 37.5 Å². The van der Waals surface area contributed by atoms with Crippen molar-refractivity contribution in [3.05, 3.63) is 35.5 Å². The molecule has 0 bridgehead atoms. The van der Waals surface area contributed by atoms with Crippen LogP contribution in [0.2, 0.25) is 0 Å². The van der Waals surface area contributed by atoms with Gasteiger partial charge in [-0.1, -0.05) is 0 Å². The number of carbonyl (C=O) groups excluding carboxylic acids is 2. The Kier molecular flexibility index (Phi) is 8.13. The fourth-order valence-corrected chi connectivity index (χ4v) is 3.56. The number of nitrogens with one attached hydrogen (secondary N) is 3. The van der Waals surface area contributed by atoms with E-state index in [9.17, 15) is 22.8 Å². The first-order chi connectivity index (χ1) is 16.2. The van der Waals surface area contributed by atoms with Crippen LogP contribution in [-0.2, 0) is 11.0 Å². The van der Waals surface area contributed by atoms with Crippen LogP contribution < -0.4 is 20.7 Å². The number of halogens is 3. The van der Waals surface area contributed by atoms with E-state index in [1.807, 2.05) is 0 Å². The summed E-state index contributed by atoms with van der Waals surface area (Å²) >= 11 is 0. The summed E-state index contributed by atoms with van der Waals surface area (Å²) in [5.41, 5.74) is -0.258. The number of ether oxygens (including phenoxy) is 1. The number of benzene rings is 1. The molecule has 184 valence electrons. The minimum atomic E-state index is -4.64. The lowest BCUT2D eigenvalue weighted by molar-refractivity contribution is -0.137. The van der Waals surface area contributed by atoms with Crippen LogP contribution in [-0.4, -0.2) is 60.5 Å². The smallest absolute Gasteiger partial charge is 0.421 e. The van der Waals surface area contributed by atoms with Gasteiger partial charge in [0.1, 0.15) is 17.1 Å². The van der Waals surface area contributed by atoms with Gasteiger partial charge in [-0.25, -0.2) is 4.98 Å². The van der Waals surface area contributed by atoms with Crippen molar-refractivity contribution >= 4 is 29.3 Å². The van der Waals surface area contributed by atoms with Gasteiger partial charge >= 0.3 is 6.18 Å². The molecule has 0 saturated carbocycles. The highest BCUT2D eigenvalue weighted by atomic mass is 19.4. The van der Waals surface area contributed by atoms with Crippen LogP contribution >= 0.6 is 0 Å². The second-order valence-corrected chi connectivity index (χ2v) is 7.69. The zero-order chi connectivity index (χ0) is 24.7. The number of hydrogen-bond donors (Lipinski definition) is 3. The maximum absolute atomic E-state index is 13.5. The molecule has 3 rings (SSSR count). The normalized spacial score (nSPS) is 14.0. The number of rotatable bonds is 9. The average molecular weight is 480 g/mol. The Morgan fingerprint density at radius 1 is 1.26 bits per heavy atom. The molecule has 34 heavy (non-hydrogen) atoms. The Morgan fingerprint density at radius 2 is 2.06 bits per heavy atom. The van der Waals surface area contributed by atoms with Crippen LogP contribution in [0.4, 0.5) is 30.6 Å². The lowest BCUT2D eigenvalue weighted by Crippen LogP contribution is -2.36. The largest absolute Gasteiger partial charge is 0.495 e. The third-order valence-corrected chi connectivity index (χ3v) is 5.35. The number of hydrogen-bond acceptors (Lipinski definition) is 7. The van der Waals surface area contributed by atoms with Gasteiger partial charge in [-0.15, -0.1) is 0 Å². The lowest BCUT2D eigenvalue weighted by Gasteiger charge is -2.26. The maximum atomic E-state index is 13.5. The van der Waals surface area contributed by atoms with Crippen LogP contribution in [0.1, 0.15) is 41.6 Å². The molecule has 0 unspecified atom stereocenters. The first-order valence-electron chi connectivity index (χ1n) is 10.9. The van der Waals surface area contributed by atoms with Crippen molar-refractivity contribution in [1.82, 2.24) is 20.2 Å². The molecule has 2 amide bonds. The molecule has 9 nitrogen and oxygen atoms in total. The van der Waals surface area contributed by atoms with Gasteiger partial charge in [-0.3, -0.25) is 9.59 Å². The second-order valence-electron chi connectivity index (χ2n) is 7.69. The molecule has 0 aliphatic carbocycles. The van der Waals surface area contributed by atoms with E-state index in [4.69, 9.17) is 4.74 Å². The van der Waals surface area contributed by atoms with Gasteiger partial charge in [0.05, 0.1) is 12.8 Å². The van der Waals surface area contributed by atoms with Crippen molar-refractivity contribution in [3.8, 4) is 5.75 Å². The van der Waals surface area contributed by atoms with Crippen molar-refractivity contribution < 1.29 is 27.5 Å². The van der Waals surface area contributed by atoms with Crippen LogP contribution in [0.5, 0.6) is 5.75 Å². The first-order valence-corrected chi connectivity index (χ1v) is 10.9. The average Bonchev–Trinajstić information content (AvgIpc) is 2.82. The highest BCUT2D eigenvalue weighted by Gasteiger charge is 2.35. The van der Waals surface area contributed by atoms with E-state index in [0.29, 0.717) is 49.1 Å². The predicted octanol–water partition coefficient (Wildman–Crippen LogP) is 3.42. The minimum Gasteiger partial charge on any atom is -0.495 e. The molecule has 0 spiro atoms. The van der Waals surface area contributed by atoms with Gasteiger partial charge in [0.2, 0.25) is 11.9 Å². The summed E-state index contributed by atoms with van der Waals surface area (Å²) in [5.74, 6) is -0.380. The number of carbonyl (C=O) groups is 2. The summed E-state index contributed by atoms with van der Waals surface area (Å²) in [6, 6.07) is 4.58. The molecule has 1 aliphatic heterocycles. The SMILES string of the molecule is CNC(=O)c1ccc(Nc2ncc(C(F)(F)F)c(NCCCN3CCCCC3=O)n2)c(OC)c1. The molecular weight excluding hydrogens is 453 g/mol. The van der Waals surface area contributed by atoms with Gasteiger partial charge < -0.3 is 25.6 Å². The number of piperidine rings is 1. The molecule has 1 aromatic heterocycles. The fourth-order valence-electron chi connectivity index (χ4n) is 3.56. The van der Waals surface area contributed by atoms with Gasteiger partial charge in [0.25, 0.3) is 5.91 Å². The standard InChI is InChI=1S/C22H27F3N6O3/c1-26-20(33)14-7-8-16(17(12-14)34-2)29-21-28-13-15(22(23,24)25)19(30-21)27-9-5-11-31-10-4-3-6-18(31)32/h7-8,12-13H,3-6,9-11H2,1-2H3,(H,26,33)(H2,27,28,29,30). The molecule has 1 saturated heterocycles. The third-order valence-electron chi connectivity index (χ3n) is 5.35. The molecule has 1 aliphatic rings. The van der Waals surface area contributed by atoms with E-state index >= 15 is 0 Å². The van der Waals surface area contributed by atoms with Crippen LogP contribution in [0.3, 0.4) is 0 Å². The summed E-state index contributed by atoms with van der Waals surface area (Å²) in [4.78, 5) is 33.2. The topological polar surface area (TPSA) is 108 Å². The molecule has 2 aromatic rings. The highest BCUT2D eigenvalue weighted by Crippen LogP contribution is 2.35. The molecule has 2 heterocycles. The Balaban J connectivity index is 1.73. The molecule has 12 heteroatoms. The number of alkyl halides is 3. The quantitative estimate of drug-likeness (QED) is 0.472. The van der Waals surface area contributed by atoms with E-state index < -0.39 is 11.7 Å². The van der Waals surface area contributed by atoms with Crippen molar-refractivity contribution in [1.29, 1.82) is 0 Å². The molecule has 1 aromatic carbocycles. The minimum absolute atomic E-state index is 0.0761. The third kappa shape index (κ3) is 6.27. The summed E-state index contributed by atoms with van der Waals surface area (Å²) in [7, 11) is 2.90. The number of methoxy groups -OCH3 is 1. The highest BCUT2D eigenvalue weighted by molar-refractivity contribution is 5.95. The fraction of sp³-hybridized carbons (Fsp3) is 0.455. The van der Waals surface area contributed by atoms with Crippen LogP contribution in [0.15, 0.2) is 24.4 Å². The zero-order valence-electron chi connectivity index (χ0n) is 19.0. The zero-order valence-corrected chi connectivity index (χ0v) is 19.0. The number of anilines is 3. The van der Waals surface area contributed by atoms with Crippen molar-refractivity contribution in [2.75, 3.05) is 44.4 Å². The Hall–Kier alpha value is -3.57. The Labute approximate surface area is 195 Å². The maximum Gasteiger partial charge on any atom is 0.421 e. The summed E-state index contributed by atoms with van der Waals surface area (Å²) in [6.45, 7) is 1.35. The first kappa shape index (κ1) is 25.1. The van der Waals surface area contributed by atoms with E-state index in [1.54, 1.807) is 11.0 Å². The molecule has 0 radical (unpaired) electrons. The van der Waals surface area contributed by atoms with E-state index in [0.717, 1.165) is 12.8 Å². The van der Waals surface area contributed by atoms with E-state index in [1.165, 1.54) is 26.3 Å². The number of likely N-dealkylation sites (tertiary alicyclic amines) is 1. The Bertz CT molecular complexity index is 1030. The molecule has 1 fully saturated rings.